The molecule has 106 valence electrons. The number of hydrogen-bond donors (Lipinski definition) is 2. The third kappa shape index (κ3) is 7.70. The fourth-order valence-electron chi connectivity index (χ4n) is 2.58. The van der Waals surface area contributed by atoms with Crippen LogP contribution in [0.15, 0.2) is 0 Å². The van der Waals surface area contributed by atoms with Gasteiger partial charge in [0.25, 0.3) is 0 Å². The van der Waals surface area contributed by atoms with Crippen molar-refractivity contribution in [3.8, 4) is 0 Å². The third-order valence-corrected chi connectivity index (χ3v) is 3.77. The van der Waals surface area contributed by atoms with Crippen LogP contribution in [0.1, 0.15) is 58.8 Å². The normalized spacial score (nSPS) is 16.4. The molecular formula is C15H30N2O. The van der Waals surface area contributed by atoms with Crippen LogP contribution in [0.25, 0.3) is 0 Å². The lowest BCUT2D eigenvalue weighted by Crippen LogP contribution is -2.35. The lowest BCUT2D eigenvalue weighted by atomic mass is 10.0. The van der Waals surface area contributed by atoms with E-state index in [2.05, 4.69) is 24.5 Å². The predicted octanol–water partition coefficient (Wildman–Crippen LogP) is 2.71. The van der Waals surface area contributed by atoms with E-state index in [0.717, 1.165) is 25.4 Å². The maximum Gasteiger partial charge on any atom is 0.233 e. The first-order valence-corrected chi connectivity index (χ1v) is 7.66. The van der Waals surface area contributed by atoms with Crippen molar-refractivity contribution >= 4 is 5.91 Å². The summed E-state index contributed by atoms with van der Waals surface area (Å²) in [5.41, 5.74) is 0. The van der Waals surface area contributed by atoms with Crippen molar-refractivity contribution in [2.45, 2.75) is 58.8 Å². The molecule has 3 nitrogen and oxygen atoms in total. The highest BCUT2D eigenvalue weighted by atomic mass is 16.1. The van der Waals surface area contributed by atoms with Gasteiger partial charge in [0.15, 0.2) is 0 Å². The van der Waals surface area contributed by atoms with Crippen molar-refractivity contribution in [2.24, 2.45) is 11.8 Å². The molecule has 2 N–H and O–H groups in total. The SMILES string of the molecule is CC(C)CCNC(=O)CNCCCC1CCCC1. The second-order valence-corrected chi connectivity index (χ2v) is 6.00. The van der Waals surface area contributed by atoms with Gasteiger partial charge in [0.05, 0.1) is 6.54 Å². The minimum atomic E-state index is 0.136. The molecule has 18 heavy (non-hydrogen) atoms. The Balaban J connectivity index is 1.85. The smallest absolute Gasteiger partial charge is 0.233 e. The van der Waals surface area contributed by atoms with Crippen LogP contribution in [-0.4, -0.2) is 25.5 Å². The van der Waals surface area contributed by atoms with Gasteiger partial charge in [0, 0.05) is 6.54 Å². The van der Waals surface area contributed by atoms with Crippen LogP contribution in [0.2, 0.25) is 0 Å². The summed E-state index contributed by atoms with van der Waals surface area (Å²) in [5.74, 6) is 1.76. The zero-order valence-corrected chi connectivity index (χ0v) is 12.1. The van der Waals surface area contributed by atoms with Gasteiger partial charge >= 0.3 is 0 Å². The molecule has 0 aromatic rings. The molecule has 1 aliphatic rings. The first kappa shape index (κ1) is 15.5. The molecule has 0 spiro atoms. The van der Waals surface area contributed by atoms with Crippen molar-refractivity contribution in [3.63, 3.8) is 0 Å². The summed E-state index contributed by atoms with van der Waals surface area (Å²) in [4.78, 5) is 11.5. The highest BCUT2D eigenvalue weighted by Gasteiger charge is 2.13. The standard InChI is InChI=1S/C15H30N2O/c1-13(2)9-11-17-15(18)12-16-10-5-8-14-6-3-4-7-14/h13-14,16H,3-12H2,1-2H3,(H,17,18). The summed E-state index contributed by atoms with van der Waals surface area (Å²) >= 11 is 0. The van der Waals surface area contributed by atoms with Crippen molar-refractivity contribution in [1.82, 2.24) is 10.6 Å². The van der Waals surface area contributed by atoms with Crippen LogP contribution in [0.4, 0.5) is 0 Å². The van der Waals surface area contributed by atoms with Gasteiger partial charge < -0.3 is 10.6 Å². The molecule has 1 saturated carbocycles. The zero-order valence-electron chi connectivity index (χ0n) is 12.1. The highest BCUT2D eigenvalue weighted by molar-refractivity contribution is 5.77. The van der Waals surface area contributed by atoms with Crippen molar-refractivity contribution < 1.29 is 4.79 Å². The van der Waals surface area contributed by atoms with Crippen molar-refractivity contribution in [1.29, 1.82) is 0 Å². The Bertz CT molecular complexity index is 223. The van der Waals surface area contributed by atoms with E-state index in [1.54, 1.807) is 0 Å². The topological polar surface area (TPSA) is 41.1 Å². The van der Waals surface area contributed by atoms with Crippen LogP contribution in [0, 0.1) is 11.8 Å². The monoisotopic (exact) mass is 254 g/mol. The van der Waals surface area contributed by atoms with Crippen LogP contribution in [0.5, 0.6) is 0 Å². The minimum absolute atomic E-state index is 0.136. The first-order chi connectivity index (χ1) is 8.68. The molecule has 1 aliphatic carbocycles. The Labute approximate surface area is 112 Å². The Morgan fingerprint density at radius 3 is 2.61 bits per heavy atom. The fourth-order valence-corrected chi connectivity index (χ4v) is 2.58. The Morgan fingerprint density at radius 2 is 1.94 bits per heavy atom. The number of carbonyl (C=O) groups is 1. The Hall–Kier alpha value is -0.570. The molecule has 1 fully saturated rings. The van der Waals surface area contributed by atoms with E-state index < -0.39 is 0 Å². The van der Waals surface area contributed by atoms with E-state index in [9.17, 15) is 4.79 Å². The molecule has 0 aromatic heterocycles. The summed E-state index contributed by atoms with van der Waals surface area (Å²) in [6.07, 6.45) is 9.32. The largest absolute Gasteiger partial charge is 0.355 e. The number of rotatable bonds is 9. The molecule has 0 saturated heterocycles. The maximum atomic E-state index is 11.5. The minimum Gasteiger partial charge on any atom is -0.355 e. The van der Waals surface area contributed by atoms with Crippen LogP contribution in [0.3, 0.4) is 0 Å². The van der Waals surface area contributed by atoms with E-state index in [1.807, 2.05) is 0 Å². The fraction of sp³-hybridized carbons (Fsp3) is 0.933. The third-order valence-electron chi connectivity index (χ3n) is 3.77. The summed E-state index contributed by atoms with van der Waals surface area (Å²) < 4.78 is 0. The number of amides is 1. The number of carbonyl (C=O) groups excluding carboxylic acids is 1. The van der Waals surface area contributed by atoms with Gasteiger partial charge in [-0.1, -0.05) is 39.5 Å². The van der Waals surface area contributed by atoms with Crippen LogP contribution < -0.4 is 10.6 Å². The zero-order chi connectivity index (χ0) is 13.2. The Morgan fingerprint density at radius 1 is 1.22 bits per heavy atom. The quantitative estimate of drug-likeness (QED) is 0.621. The average molecular weight is 254 g/mol. The summed E-state index contributed by atoms with van der Waals surface area (Å²) in [7, 11) is 0. The summed E-state index contributed by atoms with van der Waals surface area (Å²) in [6.45, 7) is 6.61. The molecule has 0 heterocycles. The molecule has 0 atom stereocenters. The van der Waals surface area contributed by atoms with Gasteiger partial charge in [-0.05, 0) is 37.6 Å². The van der Waals surface area contributed by atoms with Crippen molar-refractivity contribution in [3.05, 3.63) is 0 Å². The maximum absolute atomic E-state index is 11.5. The van der Waals surface area contributed by atoms with Gasteiger partial charge in [0.1, 0.15) is 0 Å². The van der Waals surface area contributed by atoms with Gasteiger partial charge in [-0.15, -0.1) is 0 Å². The second-order valence-electron chi connectivity index (χ2n) is 6.00. The van der Waals surface area contributed by atoms with E-state index in [4.69, 9.17) is 0 Å². The molecular weight excluding hydrogens is 224 g/mol. The van der Waals surface area contributed by atoms with Gasteiger partial charge in [0.2, 0.25) is 5.91 Å². The summed E-state index contributed by atoms with van der Waals surface area (Å²) in [6, 6.07) is 0. The Kier molecular flexibility index (Phi) is 8.06. The average Bonchev–Trinajstić information content (AvgIpc) is 2.81. The number of nitrogens with one attached hydrogen (secondary N) is 2. The molecule has 0 radical (unpaired) electrons. The molecule has 0 aliphatic heterocycles. The molecule has 0 unspecified atom stereocenters. The van der Waals surface area contributed by atoms with E-state index in [1.165, 1.54) is 38.5 Å². The lowest BCUT2D eigenvalue weighted by Gasteiger charge is -2.10. The van der Waals surface area contributed by atoms with E-state index in [0.29, 0.717) is 12.5 Å². The molecule has 0 aromatic carbocycles. The predicted molar refractivity (Wildman–Crippen MR) is 76.5 cm³/mol. The number of hydrogen-bond acceptors (Lipinski definition) is 2. The van der Waals surface area contributed by atoms with Crippen LogP contribution in [-0.2, 0) is 4.79 Å². The second kappa shape index (κ2) is 9.37. The molecule has 1 amide bonds. The molecule has 1 rings (SSSR count). The summed E-state index contributed by atoms with van der Waals surface area (Å²) in [5, 5.41) is 6.18. The van der Waals surface area contributed by atoms with Crippen LogP contribution >= 0.6 is 0 Å². The van der Waals surface area contributed by atoms with Gasteiger partial charge in [-0.25, -0.2) is 0 Å². The lowest BCUT2D eigenvalue weighted by molar-refractivity contribution is -0.120. The highest BCUT2D eigenvalue weighted by Crippen LogP contribution is 2.28. The van der Waals surface area contributed by atoms with E-state index in [-0.39, 0.29) is 5.91 Å². The first-order valence-electron chi connectivity index (χ1n) is 7.66. The molecule has 3 heteroatoms. The molecule has 0 bridgehead atoms. The van der Waals surface area contributed by atoms with E-state index >= 15 is 0 Å². The van der Waals surface area contributed by atoms with Crippen molar-refractivity contribution in [2.75, 3.05) is 19.6 Å². The van der Waals surface area contributed by atoms with Gasteiger partial charge in [-0.3, -0.25) is 4.79 Å². The van der Waals surface area contributed by atoms with Gasteiger partial charge in [-0.2, -0.15) is 0 Å².